The highest BCUT2D eigenvalue weighted by Gasteiger charge is 2.22. The van der Waals surface area contributed by atoms with Crippen molar-refractivity contribution < 1.29 is 19.4 Å². The van der Waals surface area contributed by atoms with Crippen LogP contribution in [0.3, 0.4) is 0 Å². The quantitative estimate of drug-likeness (QED) is 0.710. The Morgan fingerprint density at radius 2 is 1.89 bits per heavy atom. The molecule has 0 aliphatic rings. The number of carboxylic acids is 1. The van der Waals surface area contributed by atoms with E-state index in [0.29, 0.717) is 25.6 Å². The number of amides is 2. The molecule has 0 spiro atoms. The Morgan fingerprint density at radius 3 is 2.28 bits per heavy atom. The molecular weight excluding hydrogens is 236 g/mol. The lowest BCUT2D eigenvalue weighted by Gasteiger charge is -2.30. The lowest BCUT2D eigenvalue weighted by atomic mass is 10.2. The summed E-state index contributed by atoms with van der Waals surface area (Å²) < 4.78 is 4.89. The van der Waals surface area contributed by atoms with Gasteiger partial charge >= 0.3 is 12.0 Å². The third-order valence-electron chi connectivity index (χ3n) is 2.40. The summed E-state index contributed by atoms with van der Waals surface area (Å²) >= 11 is 0. The molecule has 0 aliphatic heterocycles. The van der Waals surface area contributed by atoms with E-state index in [4.69, 9.17) is 9.84 Å². The van der Waals surface area contributed by atoms with Crippen molar-refractivity contribution in [2.75, 3.05) is 39.9 Å². The molecule has 0 fully saturated rings. The molecule has 0 aromatic heterocycles. The van der Waals surface area contributed by atoms with Gasteiger partial charge in [-0.05, 0) is 12.8 Å². The van der Waals surface area contributed by atoms with Gasteiger partial charge in [0, 0.05) is 26.7 Å². The van der Waals surface area contributed by atoms with E-state index in [9.17, 15) is 9.59 Å². The van der Waals surface area contributed by atoms with Gasteiger partial charge in [0.2, 0.25) is 0 Å². The fraction of sp³-hybridized carbons (Fsp3) is 0.833. The maximum atomic E-state index is 12.2. The Bertz CT molecular complexity index is 269. The number of hydrogen-bond donors (Lipinski definition) is 1. The summed E-state index contributed by atoms with van der Waals surface area (Å²) in [5.74, 6) is -0.664. The summed E-state index contributed by atoms with van der Waals surface area (Å²) in [4.78, 5) is 25.9. The first-order valence-electron chi connectivity index (χ1n) is 6.16. The summed E-state index contributed by atoms with van der Waals surface area (Å²) in [6, 6.07) is -0.245. The van der Waals surface area contributed by atoms with Crippen LogP contribution in [0.25, 0.3) is 0 Å². The average molecular weight is 260 g/mol. The minimum absolute atomic E-state index is 0.245. The number of rotatable bonds is 8. The van der Waals surface area contributed by atoms with Crippen LogP contribution in [0.1, 0.15) is 20.8 Å². The van der Waals surface area contributed by atoms with Crippen molar-refractivity contribution in [1.82, 2.24) is 9.80 Å². The first-order chi connectivity index (χ1) is 8.42. The summed E-state index contributed by atoms with van der Waals surface area (Å²) in [5, 5.41) is 8.82. The average Bonchev–Trinajstić information content (AvgIpc) is 2.29. The van der Waals surface area contributed by atoms with E-state index < -0.39 is 5.97 Å². The second kappa shape index (κ2) is 8.74. The van der Waals surface area contributed by atoms with E-state index in [1.807, 2.05) is 20.8 Å². The monoisotopic (exact) mass is 260 g/mol. The Labute approximate surface area is 109 Å². The second-order valence-corrected chi connectivity index (χ2v) is 4.52. The summed E-state index contributed by atoms with van der Waals surface area (Å²) in [6.07, 6.45) is 0. The van der Waals surface area contributed by atoms with Crippen LogP contribution < -0.4 is 0 Å². The van der Waals surface area contributed by atoms with E-state index in [1.165, 1.54) is 12.0 Å². The molecular formula is C12H24N2O4. The third kappa shape index (κ3) is 6.44. The van der Waals surface area contributed by atoms with Gasteiger partial charge in [0.05, 0.1) is 6.61 Å². The largest absolute Gasteiger partial charge is 0.480 e. The normalized spacial score (nSPS) is 10.5. The number of ether oxygens (including phenoxy) is 1. The van der Waals surface area contributed by atoms with Gasteiger partial charge in [-0.25, -0.2) is 4.79 Å². The molecule has 6 nitrogen and oxygen atoms in total. The molecule has 0 rings (SSSR count). The van der Waals surface area contributed by atoms with Crippen LogP contribution in [0.5, 0.6) is 0 Å². The number of carbonyl (C=O) groups is 2. The Balaban J connectivity index is 4.62. The van der Waals surface area contributed by atoms with Crippen molar-refractivity contribution in [3.8, 4) is 0 Å². The molecule has 0 radical (unpaired) electrons. The lowest BCUT2D eigenvalue weighted by Crippen LogP contribution is -2.47. The van der Waals surface area contributed by atoms with Crippen LogP contribution in [0, 0.1) is 5.92 Å². The predicted molar refractivity (Wildman–Crippen MR) is 68.6 cm³/mol. The molecule has 106 valence electrons. The van der Waals surface area contributed by atoms with Gasteiger partial charge in [-0.1, -0.05) is 13.8 Å². The fourth-order valence-electron chi connectivity index (χ4n) is 1.59. The second-order valence-electron chi connectivity index (χ2n) is 4.52. The van der Waals surface area contributed by atoms with Gasteiger partial charge in [0.15, 0.2) is 0 Å². The van der Waals surface area contributed by atoms with Gasteiger partial charge < -0.3 is 19.6 Å². The Hall–Kier alpha value is -1.30. The van der Waals surface area contributed by atoms with Crippen LogP contribution in [0.4, 0.5) is 4.79 Å². The molecule has 18 heavy (non-hydrogen) atoms. The zero-order valence-electron chi connectivity index (χ0n) is 11.7. The minimum atomic E-state index is -1.01. The topological polar surface area (TPSA) is 70.1 Å². The Kier molecular flexibility index (Phi) is 8.11. The van der Waals surface area contributed by atoms with E-state index >= 15 is 0 Å². The molecule has 0 atom stereocenters. The van der Waals surface area contributed by atoms with Crippen molar-refractivity contribution in [2.24, 2.45) is 5.92 Å². The molecule has 6 heteroatoms. The van der Waals surface area contributed by atoms with Gasteiger partial charge in [-0.3, -0.25) is 4.79 Å². The summed E-state index contributed by atoms with van der Waals surface area (Å²) in [7, 11) is 1.52. The van der Waals surface area contributed by atoms with Crippen molar-refractivity contribution in [3.05, 3.63) is 0 Å². The molecule has 1 N–H and O–H groups in total. The maximum absolute atomic E-state index is 12.2. The minimum Gasteiger partial charge on any atom is -0.480 e. The smallest absolute Gasteiger partial charge is 0.323 e. The molecule has 0 saturated carbocycles. The van der Waals surface area contributed by atoms with E-state index in [-0.39, 0.29) is 19.1 Å². The summed E-state index contributed by atoms with van der Waals surface area (Å²) in [6.45, 7) is 7.44. The van der Waals surface area contributed by atoms with Crippen molar-refractivity contribution in [1.29, 1.82) is 0 Å². The highest BCUT2D eigenvalue weighted by atomic mass is 16.5. The lowest BCUT2D eigenvalue weighted by molar-refractivity contribution is -0.137. The molecule has 2 amide bonds. The first-order valence-corrected chi connectivity index (χ1v) is 6.16. The molecule has 0 heterocycles. The maximum Gasteiger partial charge on any atom is 0.323 e. The van der Waals surface area contributed by atoms with Crippen molar-refractivity contribution >= 4 is 12.0 Å². The van der Waals surface area contributed by atoms with E-state index in [1.54, 1.807) is 4.90 Å². The van der Waals surface area contributed by atoms with Gasteiger partial charge in [-0.15, -0.1) is 0 Å². The fourth-order valence-corrected chi connectivity index (χ4v) is 1.59. The summed E-state index contributed by atoms with van der Waals surface area (Å²) in [5.41, 5.74) is 0. The van der Waals surface area contributed by atoms with Crippen molar-refractivity contribution in [2.45, 2.75) is 20.8 Å². The number of carbonyl (C=O) groups excluding carboxylic acids is 1. The van der Waals surface area contributed by atoms with Crippen LogP contribution >= 0.6 is 0 Å². The molecule has 0 aromatic rings. The molecule has 0 unspecified atom stereocenters. The SMILES string of the molecule is CCN(CC(C)C)C(=O)N(CCOC)CC(=O)O. The van der Waals surface area contributed by atoms with Crippen molar-refractivity contribution in [3.63, 3.8) is 0 Å². The highest BCUT2D eigenvalue weighted by Crippen LogP contribution is 2.04. The number of aliphatic carboxylic acids is 1. The van der Waals surface area contributed by atoms with E-state index in [2.05, 4.69) is 0 Å². The van der Waals surface area contributed by atoms with Crippen LogP contribution in [0.2, 0.25) is 0 Å². The predicted octanol–water partition coefficient (Wildman–Crippen LogP) is 1.12. The zero-order valence-corrected chi connectivity index (χ0v) is 11.7. The van der Waals surface area contributed by atoms with E-state index in [0.717, 1.165) is 0 Å². The third-order valence-corrected chi connectivity index (χ3v) is 2.40. The van der Waals surface area contributed by atoms with Crippen LogP contribution in [-0.4, -0.2) is 66.8 Å². The van der Waals surface area contributed by atoms with Gasteiger partial charge in [0.25, 0.3) is 0 Å². The number of hydrogen-bond acceptors (Lipinski definition) is 3. The first kappa shape index (κ1) is 16.7. The van der Waals surface area contributed by atoms with Gasteiger partial charge in [-0.2, -0.15) is 0 Å². The number of carboxylic acid groups (broad SMARTS) is 1. The zero-order chi connectivity index (χ0) is 14.1. The number of nitrogens with zero attached hydrogens (tertiary/aromatic N) is 2. The molecule has 0 aromatic carbocycles. The Morgan fingerprint density at radius 1 is 1.28 bits per heavy atom. The van der Waals surface area contributed by atoms with Crippen LogP contribution in [-0.2, 0) is 9.53 Å². The highest BCUT2D eigenvalue weighted by molar-refractivity contribution is 5.80. The number of urea groups is 1. The standard InChI is InChI=1S/C12H24N2O4/c1-5-13(8-10(2)3)12(17)14(6-7-18-4)9-11(15)16/h10H,5-9H2,1-4H3,(H,15,16). The molecule has 0 aliphatic carbocycles. The number of methoxy groups -OCH3 is 1. The molecule has 0 saturated heterocycles. The van der Waals surface area contributed by atoms with Gasteiger partial charge in [0.1, 0.15) is 6.54 Å². The molecule has 0 bridgehead atoms. The van der Waals surface area contributed by atoms with Crippen LogP contribution in [0.15, 0.2) is 0 Å².